The van der Waals surface area contributed by atoms with Crippen molar-refractivity contribution in [3.05, 3.63) is 64.6 Å². The van der Waals surface area contributed by atoms with Crippen LogP contribution in [-0.4, -0.2) is 15.9 Å². The number of rotatable bonds is 4. The quantitative estimate of drug-likeness (QED) is 0.521. The molecule has 4 aromatic rings. The minimum absolute atomic E-state index is 0.130. The van der Waals surface area contributed by atoms with Gasteiger partial charge in [0, 0.05) is 10.9 Å². The molecule has 0 unspecified atom stereocenters. The van der Waals surface area contributed by atoms with Crippen LogP contribution in [0.1, 0.15) is 5.69 Å². The zero-order chi connectivity index (χ0) is 17.2. The molecule has 2 aromatic carbocycles. The van der Waals surface area contributed by atoms with Crippen molar-refractivity contribution >= 4 is 55.5 Å². The predicted molar refractivity (Wildman–Crippen MR) is 105 cm³/mol. The van der Waals surface area contributed by atoms with Gasteiger partial charge in [-0.2, -0.15) is 0 Å². The number of fused-ring (bicyclic) bond motifs is 1. The Morgan fingerprint density at radius 2 is 1.88 bits per heavy atom. The van der Waals surface area contributed by atoms with Crippen molar-refractivity contribution in [1.29, 1.82) is 0 Å². The summed E-state index contributed by atoms with van der Waals surface area (Å²) < 4.78 is 1.05. The highest BCUT2D eigenvalue weighted by molar-refractivity contribution is 7.22. The molecule has 0 spiro atoms. The fourth-order valence-corrected chi connectivity index (χ4v) is 4.42. The Kier molecular flexibility index (Phi) is 4.48. The highest BCUT2D eigenvalue weighted by Crippen LogP contribution is 2.30. The number of hydrogen-bond donors (Lipinski definition) is 1. The molecule has 0 bridgehead atoms. The first-order chi connectivity index (χ1) is 12.2. The number of anilines is 1. The van der Waals surface area contributed by atoms with Gasteiger partial charge >= 0.3 is 0 Å². The SMILES string of the molecule is O=C(Cc1csc(-c2ccccc2Cl)n1)Nc1nc2ccccc2s1. The van der Waals surface area contributed by atoms with E-state index < -0.39 is 0 Å². The topological polar surface area (TPSA) is 54.9 Å². The number of carbonyl (C=O) groups excluding carboxylic acids is 1. The molecule has 25 heavy (non-hydrogen) atoms. The average molecular weight is 386 g/mol. The van der Waals surface area contributed by atoms with E-state index in [1.54, 1.807) is 0 Å². The lowest BCUT2D eigenvalue weighted by molar-refractivity contribution is -0.115. The van der Waals surface area contributed by atoms with Gasteiger partial charge in [-0.3, -0.25) is 4.79 Å². The van der Waals surface area contributed by atoms with Gasteiger partial charge in [0.25, 0.3) is 0 Å². The van der Waals surface area contributed by atoms with Gasteiger partial charge in [0.15, 0.2) is 5.13 Å². The molecule has 0 radical (unpaired) electrons. The van der Waals surface area contributed by atoms with Gasteiger partial charge in [-0.15, -0.1) is 11.3 Å². The summed E-state index contributed by atoms with van der Waals surface area (Å²) >= 11 is 9.14. The lowest BCUT2D eigenvalue weighted by Crippen LogP contribution is -2.14. The minimum Gasteiger partial charge on any atom is -0.302 e. The second kappa shape index (κ2) is 6.92. The smallest absolute Gasteiger partial charge is 0.232 e. The molecule has 7 heteroatoms. The number of para-hydroxylation sites is 1. The van der Waals surface area contributed by atoms with E-state index in [4.69, 9.17) is 11.6 Å². The molecule has 0 aliphatic rings. The summed E-state index contributed by atoms with van der Waals surface area (Å²) in [6, 6.07) is 15.4. The number of amides is 1. The molecule has 0 atom stereocenters. The molecule has 0 aliphatic heterocycles. The van der Waals surface area contributed by atoms with E-state index in [-0.39, 0.29) is 12.3 Å². The van der Waals surface area contributed by atoms with Crippen LogP contribution < -0.4 is 5.32 Å². The van der Waals surface area contributed by atoms with Crippen LogP contribution in [-0.2, 0) is 11.2 Å². The van der Waals surface area contributed by atoms with Crippen LogP contribution >= 0.6 is 34.3 Å². The molecule has 0 aliphatic carbocycles. The van der Waals surface area contributed by atoms with Gasteiger partial charge in [0.05, 0.1) is 27.4 Å². The fourth-order valence-electron chi connectivity index (χ4n) is 2.40. The number of thiazole rings is 2. The van der Waals surface area contributed by atoms with Crippen molar-refractivity contribution in [2.75, 3.05) is 5.32 Å². The van der Waals surface area contributed by atoms with Crippen LogP contribution in [0.5, 0.6) is 0 Å². The van der Waals surface area contributed by atoms with Gasteiger partial charge in [0.1, 0.15) is 5.01 Å². The Bertz CT molecular complexity index is 1020. The molecule has 1 amide bonds. The number of nitrogens with zero attached hydrogens (tertiary/aromatic N) is 2. The summed E-state index contributed by atoms with van der Waals surface area (Å²) in [4.78, 5) is 21.2. The zero-order valence-corrected chi connectivity index (χ0v) is 15.3. The van der Waals surface area contributed by atoms with Crippen molar-refractivity contribution in [3.8, 4) is 10.6 Å². The first-order valence-corrected chi connectivity index (χ1v) is 9.61. The summed E-state index contributed by atoms with van der Waals surface area (Å²) in [5, 5.41) is 6.81. The molecular weight excluding hydrogens is 374 g/mol. The zero-order valence-electron chi connectivity index (χ0n) is 12.9. The lowest BCUT2D eigenvalue weighted by Gasteiger charge is -2.00. The monoisotopic (exact) mass is 385 g/mol. The Hall–Kier alpha value is -2.28. The summed E-state index contributed by atoms with van der Waals surface area (Å²) in [5.74, 6) is -0.130. The van der Waals surface area contributed by atoms with Crippen LogP contribution in [0.15, 0.2) is 53.9 Å². The van der Waals surface area contributed by atoms with Gasteiger partial charge in [-0.25, -0.2) is 9.97 Å². The molecule has 2 aromatic heterocycles. The second-order valence-corrected chi connectivity index (χ2v) is 7.63. The van der Waals surface area contributed by atoms with Crippen LogP contribution in [0.2, 0.25) is 5.02 Å². The van der Waals surface area contributed by atoms with Crippen molar-refractivity contribution < 1.29 is 4.79 Å². The normalized spacial score (nSPS) is 10.9. The number of carbonyl (C=O) groups is 1. The van der Waals surface area contributed by atoms with Crippen LogP contribution in [0, 0.1) is 0 Å². The Balaban J connectivity index is 1.47. The number of hydrogen-bond acceptors (Lipinski definition) is 5. The average Bonchev–Trinajstić information content (AvgIpc) is 3.21. The highest BCUT2D eigenvalue weighted by Gasteiger charge is 2.12. The van der Waals surface area contributed by atoms with E-state index >= 15 is 0 Å². The first-order valence-electron chi connectivity index (χ1n) is 7.54. The van der Waals surface area contributed by atoms with E-state index in [9.17, 15) is 4.79 Å². The fraction of sp³-hybridized carbons (Fsp3) is 0.0556. The maximum Gasteiger partial charge on any atom is 0.232 e. The number of aromatic nitrogens is 2. The minimum atomic E-state index is -0.130. The van der Waals surface area contributed by atoms with Gasteiger partial charge < -0.3 is 5.32 Å². The number of benzene rings is 2. The van der Waals surface area contributed by atoms with Crippen molar-refractivity contribution in [2.24, 2.45) is 0 Å². The molecule has 1 N–H and O–H groups in total. The Morgan fingerprint density at radius 1 is 1.08 bits per heavy atom. The Labute approximate surface area is 157 Å². The second-order valence-electron chi connectivity index (χ2n) is 5.34. The van der Waals surface area contributed by atoms with Gasteiger partial charge in [-0.1, -0.05) is 53.3 Å². The molecular formula is C18H12ClN3OS2. The number of nitrogens with one attached hydrogen (secondary N) is 1. The largest absolute Gasteiger partial charge is 0.302 e. The van der Waals surface area contributed by atoms with Crippen molar-refractivity contribution in [1.82, 2.24) is 9.97 Å². The molecule has 4 rings (SSSR count). The summed E-state index contributed by atoms with van der Waals surface area (Å²) in [7, 11) is 0. The number of halogens is 1. The highest BCUT2D eigenvalue weighted by atomic mass is 35.5. The molecule has 0 saturated carbocycles. The molecule has 0 fully saturated rings. The molecule has 4 nitrogen and oxygen atoms in total. The van der Waals surface area contributed by atoms with Crippen molar-refractivity contribution in [3.63, 3.8) is 0 Å². The van der Waals surface area contributed by atoms with E-state index in [1.807, 2.05) is 53.9 Å². The van der Waals surface area contributed by atoms with E-state index in [1.165, 1.54) is 22.7 Å². The van der Waals surface area contributed by atoms with Crippen molar-refractivity contribution in [2.45, 2.75) is 6.42 Å². The van der Waals surface area contributed by atoms with E-state index in [0.29, 0.717) is 10.2 Å². The Morgan fingerprint density at radius 3 is 2.72 bits per heavy atom. The molecule has 2 heterocycles. The lowest BCUT2D eigenvalue weighted by atomic mass is 10.2. The maximum absolute atomic E-state index is 12.3. The third-order valence-corrected chi connectivity index (χ3v) is 5.74. The van der Waals surface area contributed by atoms with E-state index in [2.05, 4.69) is 15.3 Å². The van der Waals surface area contributed by atoms with E-state index in [0.717, 1.165) is 26.5 Å². The standard InChI is InChI=1S/C18H12ClN3OS2/c19-13-6-2-1-5-12(13)17-20-11(10-24-17)9-16(23)22-18-21-14-7-3-4-8-15(14)25-18/h1-8,10H,9H2,(H,21,22,23). The van der Waals surface area contributed by atoms with Crippen LogP contribution in [0.25, 0.3) is 20.8 Å². The molecule has 0 saturated heterocycles. The van der Waals surface area contributed by atoms with Gasteiger partial charge in [0.2, 0.25) is 5.91 Å². The summed E-state index contributed by atoms with van der Waals surface area (Å²) in [5.41, 5.74) is 2.49. The van der Waals surface area contributed by atoms with Gasteiger partial charge in [-0.05, 0) is 18.2 Å². The third-order valence-electron chi connectivity index (χ3n) is 3.54. The third kappa shape index (κ3) is 3.56. The summed E-state index contributed by atoms with van der Waals surface area (Å²) in [6.45, 7) is 0. The predicted octanol–water partition coefficient (Wildman–Crippen LogP) is 5.25. The molecule has 124 valence electrons. The maximum atomic E-state index is 12.3. The first kappa shape index (κ1) is 16.2. The van der Waals surface area contributed by atoms with Crippen LogP contribution in [0.4, 0.5) is 5.13 Å². The summed E-state index contributed by atoms with van der Waals surface area (Å²) in [6.07, 6.45) is 0.205. The van der Waals surface area contributed by atoms with Crippen LogP contribution in [0.3, 0.4) is 0 Å².